The molecular formula is C17H18I2N4O4. The molecule has 0 spiro atoms. The number of carbonyl (C=O) groups excluding carboxylic acids is 2. The van der Waals surface area contributed by atoms with E-state index in [1.807, 2.05) is 12.1 Å². The molecule has 10 heteroatoms. The summed E-state index contributed by atoms with van der Waals surface area (Å²) in [5.74, 6) is 0.814. The molecule has 2 N–H and O–H groups in total. The minimum atomic E-state index is -0.172. The molecule has 0 aliphatic carbocycles. The molecule has 0 atom stereocenters. The number of nitrogens with zero attached hydrogens (tertiary/aromatic N) is 2. The number of nitrogens with one attached hydrogen (secondary N) is 2. The lowest BCUT2D eigenvalue weighted by Crippen LogP contribution is -2.18. The smallest absolute Gasteiger partial charge is 0.240 e. The summed E-state index contributed by atoms with van der Waals surface area (Å²) in [5.41, 5.74) is 4.89. The number of rotatable bonds is 10. The average molecular weight is 596 g/mol. The van der Waals surface area contributed by atoms with Crippen molar-refractivity contribution >= 4 is 69.4 Å². The third-order valence-electron chi connectivity index (χ3n) is 3.26. The molecule has 2 aromatic rings. The number of amides is 2. The zero-order valence-corrected chi connectivity index (χ0v) is 18.6. The van der Waals surface area contributed by atoms with E-state index in [-0.39, 0.29) is 11.8 Å². The number of hydrogen-bond acceptors (Lipinski definition) is 6. The third kappa shape index (κ3) is 9.17. The fourth-order valence-corrected chi connectivity index (χ4v) is 2.86. The largest absolute Gasteiger partial charge is 0.449 e. The monoisotopic (exact) mass is 596 g/mol. The Balaban J connectivity index is 1.50. The molecule has 0 aliphatic rings. The molecule has 2 heterocycles. The third-order valence-corrected chi connectivity index (χ3v) is 4.42. The van der Waals surface area contributed by atoms with Gasteiger partial charge in [0.1, 0.15) is 11.5 Å². The normalized spacial score (nSPS) is 11.3. The van der Waals surface area contributed by atoms with E-state index < -0.39 is 0 Å². The van der Waals surface area contributed by atoms with Crippen LogP contribution in [0.15, 0.2) is 43.3 Å². The van der Waals surface area contributed by atoms with Crippen LogP contribution < -0.4 is 10.9 Å². The SMILES string of the molecule is O=C(CCCCCC(=O)N/N=C/c1ccc(I)o1)N/N=C\c1ccc(I)o1. The molecule has 0 saturated heterocycles. The molecule has 2 amide bonds. The van der Waals surface area contributed by atoms with Crippen molar-refractivity contribution in [3.63, 3.8) is 0 Å². The second-order valence-corrected chi connectivity index (χ2v) is 7.56. The van der Waals surface area contributed by atoms with E-state index in [0.717, 1.165) is 14.0 Å². The Hall–Kier alpha value is -1.70. The maximum absolute atomic E-state index is 11.6. The van der Waals surface area contributed by atoms with Gasteiger partial charge in [-0.3, -0.25) is 9.59 Å². The average Bonchev–Trinajstić information content (AvgIpc) is 3.23. The Kier molecular flexibility index (Phi) is 9.52. The summed E-state index contributed by atoms with van der Waals surface area (Å²) in [6.07, 6.45) is 5.74. The Labute approximate surface area is 183 Å². The maximum atomic E-state index is 11.6. The molecule has 0 unspecified atom stereocenters. The van der Waals surface area contributed by atoms with Crippen LogP contribution in [0, 0.1) is 7.53 Å². The first-order valence-electron chi connectivity index (χ1n) is 8.17. The van der Waals surface area contributed by atoms with Crippen LogP contribution in [-0.4, -0.2) is 24.2 Å². The number of hydrazone groups is 2. The first-order chi connectivity index (χ1) is 13.0. The van der Waals surface area contributed by atoms with E-state index in [1.165, 1.54) is 12.4 Å². The standard InChI is InChI=1S/C17H18I2N4O4/c18-14-8-6-12(26-14)10-20-22-16(24)4-2-1-3-5-17(25)23-21-11-13-7-9-15(19)27-13/h6-11H,1-5H2,(H,22,24)(H,23,25)/b20-10-,21-11+. The van der Waals surface area contributed by atoms with Gasteiger partial charge in [-0.25, -0.2) is 10.9 Å². The van der Waals surface area contributed by atoms with Crippen LogP contribution in [0.4, 0.5) is 0 Å². The van der Waals surface area contributed by atoms with E-state index in [0.29, 0.717) is 37.2 Å². The van der Waals surface area contributed by atoms with E-state index >= 15 is 0 Å². The Morgan fingerprint density at radius 2 is 1.26 bits per heavy atom. The number of halogens is 2. The number of carbonyl (C=O) groups is 2. The lowest BCUT2D eigenvalue weighted by Gasteiger charge is -2.01. The highest BCUT2D eigenvalue weighted by Crippen LogP contribution is 2.08. The van der Waals surface area contributed by atoms with Gasteiger partial charge in [0.25, 0.3) is 0 Å². The number of furan rings is 2. The highest BCUT2D eigenvalue weighted by Gasteiger charge is 2.03. The molecule has 0 aromatic carbocycles. The summed E-state index contributed by atoms with van der Waals surface area (Å²) in [5, 5.41) is 7.66. The van der Waals surface area contributed by atoms with Gasteiger partial charge < -0.3 is 8.83 Å². The lowest BCUT2D eigenvalue weighted by atomic mass is 10.1. The van der Waals surface area contributed by atoms with Crippen LogP contribution in [0.1, 0.15) is 43.6 Å². The first-order valence-corrected chi connectivity index (χ1v) is 10.3. The zero-order valence-electron chi connectivity index (χ0n) is 14.3. The maximum Gasteiger partial charge on any atom is 0.240 e. The van der Waals surface area contributed by atoms with Crippen molar-refractivity contribution in [1.82, 2.24) is 10.9 Å². The second-order valence-electron chi connectivity index (χ2n) is 5.43. The molecule has 144 valence electrons. The van der Waals surface area contributed by atoms with Gasteiger partial charge in [-0.05, 0) is 82.3 Å². The van der Waals surface area contributed by atoms with E-state index in [2.05, 4.69) is 66.2 Å². The van der Waals surface area contributed by atoms with Gasteiger partial charge in [-0.15, -0.1) is 0 Å². The fraction of sp³-hybridized carbons (Fsp3) is 0.294. The molecule has 2 aromatic heterocycles. The van der Waals surface area contributed by atoms with Gasteiger partial charge in [0.2, 0.25) is 11.8 Å². The highest BCUT2D eigenvalue weighted by atomic mass is 127. The van der Waals surface area contributed by atoms with Crippen molar-refractivity contribution in [2.75, 3.05) is 0 Å². The predicted octanol–water partition coefficient (Wildman–Crippen LogP) is 3.63. The summed E-state index contributed by atoms with van der Waals surface area (Å²) in [6.45, 7) is 0. The lowest BCUT2D eigenvalue weighted by molar-refractivity contribution is -0.121. The minimum Gasteiger partial charge on any atom is -0.449 e. The van der Waals surface area contributed by atoms with Crippen molar-refractivity contribution in [1.29, 1.82) is 0 Å². The van der Waals surface area contributed by atoms with Crippen molar-refractivity contribution in [2.45, 2.75) is 32.1 Å². The molecule has 0 fully saturated rings. The van der Waals surface area contributed by atoms with Crippen LogP contribution in [0.5, 0.6) is 0 Å². The molecule has 0 bridgehead atoms. The summed E-state index contributed by atoms with van der Waals surface area (Å²) < 4.78 is 12.1. The van der Waals surface area contributed by atoms with Gasteiger partial charge in [-0.2, -0.15) is 10.2 Å². The molecular weight excluding hydrogens is 578 g/mol. The predicted molar refractivity (Wildman–Crippen MR) is 117 cm³/mol. The van der Waals surface area contributed by atoms with Crippen LogP contribution in [0.2, 0.25) is 0 Å². The fourth-order valence-electron chi connectivity index (χ4n) is 1.99. The second kappa shape index (κ2) is 11.9. The van der Waals surface area contributed by atoms with Crippen LogP contribution in [0.3, 0.4) is 0 Å². The van der Waals surface area contributed by atoms with Crippen LogP contribution in [-0.2, 0) is 9.59 Å². The summed E-state index contributed by atoms with van der Waals surface area (Å²) in [6, 6.07) is 7.15. The van der Waals surface area contributed by atoms with Crippen molar-refractivity contribution in [3.8, 4) is 0 Å². The number of unbranched alkanes of at least 4 members (excludes halogenated alkanes) is 2. The molecule has 2 rings (SSSR count). The topological polar surface area (TPSA) is 109 Å². The van der Waals surface area contributed by atoms with Gasteiger partial charge in [0, 0.05) is 12.8 Å². The summed E-state index contributed by atoms with van der Waals surface area (Å²) >= 11 is 4.10. The molecule has 0 aliphatic heterocycles. The quantitative estimate of drug-likeness (QED) is 0.189. The van der Waals surface area contributed by atoms with Crippen LogP contribution >= 0.6 is 45.2 Å². The minimum absolute atomic E-state index is 0.172. The summed E-state index contributed by atoms with van der Waals surface area (Å²) in [4.78, 5) is 23.3. The Morgan fingerprint density at radius 1 is 0.815 bits per heavy atom. The highest BCUT2D eigenvalue weighted by molar-refractivity contribution is 14.1. The molecule has 0 saturated carbocycles. The van der Waals surface area contributed by atoms with E-state index in [1.54, 1.807) is 12.1 Å². The van der Waals surface area contributed by atoms with Gasteiger partial charge >= 0.3 is 0 Å². The van der Waals surface area contributed by atoms with Crippen LogP contribution in [0.25, 0.3) is 0 Å². The first kappa shape index (κ1) is 21.6. The Bertz CT molecular complexity index is 747. The van der Waals surface area contributed by atoms with Gasteiger partial charge in [-0.1, -0.05) is 6.42 Å². The number of hydrogen-bond donors (Lipinski definition) is 2. The van der Waals surface area contributed by atoms with Crippen molar-refractivity contribution in [3.05, 3.63) is 43.3 Å². The Morgan fingerprint density at radius 3 is 1.63 bits per heavy atom. The van der Waals surface area contributed by atoms with Gasteiger partial charge in [0.15, 0.2) is 7.53 Å². The molecule has 0 radical (unpaired) electrons. The molecule has 8 nitrogen and oxygen atoms in total. The van der Waals surface area contributed by atoms with E-state index in [4.69, 9.17) is 8.83 Å². The summed E-state index contributed by atoms with van der Waals surface area (Å²) in [7, 11) is 0. The van der Waals surface area contributed by atoms with Gasteiger partial charge in [0.05, 0.1) is 12.4 Å². The van der Waals surface area contributed by atoms with Crippen molar-refractivity contribution in [2.24, 2.45) is 10.2 Å². The zero-order chi connectivity index (χ0) is 19.5. The molecule has 27 heavy (non-hydrogen) atoms. The van der Waals surface area contributed by atoms with Crippen molar-refractivity contribution < 1.29 is 18.4 Å². The van der Waals surface area contributed by atoms with E-state index in [9.17, 15) is 9.59 Å².